The van der Waals surface area contributed by atoms with Crippen LogP contribution in [0, 0.1) is 0 Å². The number of hydrogen-bond donors (Lipinski definition) is 0. The van der Waals surface area contributed by atoms with Crippen LogP contribution in [0.4, 0.5) is 0 Å². The highest BCUT2D eigenvalue weighted by Crippen LogP contribution is 1.76. The first-order valence-corrected chi connectivity index (χ1v) is 4.93. The molecule has 76 valence electrons. The smallest absolute Gasteiger partial charge is 0.0320 e. The van der Waals surface area contributed by atoms with Gasteiger partial charge in [-0.3, -0.25) is 4.99 Å². The van der Waals surface area contributed by atoms with Crippen LogP contribution in [-0.2, 0) is 0 Å². The molecule has 1 aromatic carbocycles. The van der Waals surface area contributed by atoms with Crippen molar-refractivity contribution in [2.75, 3.05) is 7.05 Å². The number of benzene rings is 1. The van der Waals surface area contributed by atoms with E-state index in [4.69, 9.17) is 0 Å². The van der Waals surface area contributed by atoms with E-state index in [2.05, 4.69) is 11.6 Å². The molecule has 0 saturated heterocycles. The predicted octanol–water partition coefficient (Wildman–Crippen LogP) is 1.99. The molecule has 0 aromatic heterocycles. The van der Waals surface area contributed by atoms with E-state index in [1.54, 1.807) is 7.05 Å². The van der Waals surface area contributed by atoms with Gasteiger partial charge in [-0.2, -0.15) is 0 Å². The lowest BCUT2D eigenvalue weighted by Gasteiger charge is -1.89. The van der Waals surface area contributed by atoms with E-state index in [1.807, 2.05) is 51.1 Å². The fraction of sp³-hybridized carbons (Fsp3) is 0.308. The molecule has 1 heteroatoms. The van der Waals surface area contributed by atoms with Crippen LogP contribution in [0.25, 0.3) is 12.7 Å². The molecular formula is C13H19N. The van der Waals surface area contributed by atoms with Crippen LogP contribution < -0.4 is 10.4 Å². The Labute approximate surface area is 86.5 Å². The Morgan fingerprint density at radius 1 is 1.29 bits per heavy atom. The average molecular weight is 189 g/mol. The molecule has 0 saturated carbocycles. The third-order valence-electron chi connectivity index (χ3n) is 1.77. The zero-order valence-electron chi connectivity index (χ0n) is 9.54. The first-order chi connectivity index (χ1) is 6.74. The Morgan fingerprint density at radius 2 is 1.86 bits per heavy atom. The first-order valence-electron chi connectivity index (χ1n) is 4.93. The van der Waals surface area contributed by atoms with Gasteiger partial charge in [0.05, 0.1) is 0 Å². The van der Waals surface area contributed by atoms with Crippen LogP contribution in [-0.4, -0.2) is 12.8 Å². The molecule has 0 fully saturated rings. The Hall–Kier alpha value is -1.37. The average Bonchev–Trinajstić information content (AvgIpc) is 2.24. The van der Waals surface area contributed by atoms with Gasteiger partial charge in [-0.05, 0) is 23.4 Å². The van der Waals surface area contributed by atoms with Crippen molar-refractivity contribution in [3.63, 3.8) is 0 Å². The van der Waals surface area contributed by atoms with E-state index in [0.717, 1.165) is 16.1 Å². The Morgan fingerprint density at radius 3 is 2.36 bits per heavy atom. The summed E-state index contributed by atoms with van der Waals surface area (Å²) >= 11 is 0. The molecule has 0 amide bonds. The molecule has 1 aromatic rings. The minimum absolute atomic E-state index is 1.02. The second-order valence-electron chi connectivity index (χ2n) is 2.71. The maximum absolute atomic E-state index is 4.06. The normalized spacial score (nSPS) is 12.0. The highest BCUT2D eigenvalue weighted by atomic mass is 14.7. The van der Waals surface area contributed by atoms with Gasteiger partial charge >= 0.3 is 0 Å². The second kappa shape index (κ2) is 7.07. The maximum atomic E-state index is 4.06. The fourth-order valence-corrected chi connectivity index (χ4v) is 0.965. The Balaban J connectivity index is 0.000000791. The number of nitrogens with zero attached hydrogens (tertiary/aromatic N) is 1. The lowest BCUT2D eigenvalue weighted by Crippen LogP contribution is -2.22. The van der Waals surface area contributed by atoms with Crippen LogP contribution in [0.3, 0.4) is 0 Å². The summed E-state index contributed by atoms with van der Waals surface area (Å²) in [5.41, 5.74) is 1.02. The van der Waals surface area contributed by atoms with Crippen LogP contribution in [0.1, 0.15) is 20.8 Å². The molecule has 0 N–H and O–H groups in total. The zero-order valence-corrected chi connectivity index (χ0v) is 9.54. The SMILES string of the molecule is C=c1cccc/c1=C/C(C)=NC.CC. The quantitative estimate of drug-likeness (QED) is 0.599. The molecule has 0 radical (unpaired) electrons. The lowest BCUT2D eigenvalue weighted by molar-refractivity contribution is 1.43. The molecule has 0 spiro atoms. The third kappa shape index (κ3) is 4.04. The maximum Gasteiger partial charge on any atom is 0.0320 e. The molecule has 0 bridgehead atoms. The van der Waals surface area contributed by atoms with E-state index in [0.29, 0.717) is 0 Å². The standard InChI is InChI=1S/C11H13N.C2H6/c1-9-6-4-5-7-11(9)8-10(2)12-3;1-2/h4-8H,1H2,2-3H3;1-2H3/b11-8-,12-10?;. The summed E-state index contributed by atoms with van der Waals surface area (Å²) in [6.45, 7) is 9.90. The van der Waals surface area contributed by atoms with Crippen LogP contribution in [0.2, 0.25) is 0 Å². The molecule has 0 aliphatic carbocycles. The van der Waals surface area contributed by atoms with Crippen molar-refractivity contribution >= 4 is 18.4 Å². The highest BCUT2D eigenvalue weighted by Gasteiger charge is 1.82. The molecule has 0 aliphatic rings. The fourth-order valence-electron chi connectivity index (χ4n) is 0.965. The summed E-state index contributed by atoms with van der Waals surface area (Å²) in [5, 5.41) is 2.18. The topological polar surface area (TPSA) is 12.4 Å². The summed E-state index contributed by atoms with van der Waals surface area (Å²) < 4.78 is 0. The number of aliphatic imine (C=N–C) groups is 1. The number of rotatable bonds is 1. The van der Waals surface area contributed by atoms with E-state index in [-0.39, 0.29) is 0 Å². The van der Waals surface area contributed by atoms with E-state index >= 15 is 0 Å². The van der Waals surface area contributed by atoms with Crippen LogP contribution in [0.5, 0.6) is 0 Å². The van der Waals surface area contributed by atoms with Crippen molar-refractivity contribution in [3.8, 4) is 0 Å². The largest absolute Gasteiger partial charge is 0.293 e. The van der Waals surface area contributed by atoms with Gasteiger partial charge in [-0.25, -0.2) is 0 Å². The molecule has 0 atom stereocenters. The van der Waals surface area contributed by atoms with Gasteiger partial charge in [0.25, 0.3) is 0 Å². The van der Waals surface area contributed by atoms with Crippen molar-refractivity contribution in [1.82, 2.24) is 0 Å². The van der Waals surface area contributed by atoms with Gasteiger partial charge in [0.15, 0.2) is 0 Å². The van der Waals surface area contributed by atoms with Gasteiger partial charge in [-0.15, -0.1) is 0 Å². The van der Waals surface area contributed by atoms with Crippen molar-refractivity contribution in [2.45, 2.75) is 20.8 Å². The van der Waals surface area contributed by atoms with E-state index < -0.39 is 0 Å². The third-order valence-corrected chi connectivity index (χ3v) is 1.77. The summed E-state index contributed by atoms with van der Waals surface area (Å²) in [5.74, 6) is 0. The van der Waals surface area contributed by atoms with Crippen LogP contribution in [0.15, 0.2) is 29.3 Å². The van der Waals surface area contributed by atoms with Gasteiger partial charge in [-0.1, -0.05) is 44.7 Å². The summed E-state index contributed by atoms with van der Waals surface area (Å²) in [4.78, 5) is 4.06. The van der Waals surface area contributed by atoms with E-state index in [1.165, 1.54) is 0 Å². The zero-order chi connectivity index (χ0) is 11.0. The van der Waals surface area contributed by atoms with E-state index in [9.17, 15) is 0 Å². The molecule has 0 heterocycles. The monoisotopic (exact) mass is 189 g/mol. The van der Waals surface area contributed by atoms with Crippen molar-refractivity contribution in [1.29, 1.82) is 0 Å². The minimum atomic E-state index is 1.02. The summed E-state index contributed by atoms with van der Waals surface area (Å²) in [7, 11) is 1.79. The van der Waals surface area contributed by atoms with Crippen molar-refractivity contribution < 1.29 is 0 Å². The van der Waals surface area contributed by atoms with Gasteiger partial charge in [0.1, 0.15) is 0 Å². The van der Waals surface area contributed by atoms with Crippen molar-refractivity contribution in [3.05, 3.63) is 34.7 Å². The molecule has 0 aliphatic heterocycles. The lowest BCUT2D eigenvalue weighted by atomic mass is 10.2. The van der Waals surface area contributed by atoms with Crippen molar-refractivity contribution in [2.24, 2.45) is 4.99 Å². The van der Waals surface area contributed by atoms with Gasteiger partial charge < -0.3 is 0 Å². The first kappa shape index (κ1) is 12.6. The summed E-state index contributed by atoms with van der Waals surface area (Å²) in [6, 6.07) is 8.02. The minimum Gasteiger partial charge on any atom is -0.293 e. The molecular weight excluding hydrogens is 170 g/mol. The van der Waals surface area contributed by atoms with Gasteiger partial charge in [0, 0.05) is 12.8 Å². The Kier molecular flexibility index (Phi) is 6.38. The number of hydrogen-bond acceptors (Lipinski definition) is 1. The second-order valence-corrected chi connectivity index (χ2v) is 2.71. The highest BCUT2D eigenvalue weighted by molar-refractivity contribution is 6.08. The molecule has 14 heavy (non-hydrogen) atoms. The Bertz CT molecular complexity index is 388. The molecule has 1 nitrogen and oxygen atoms in total. The van der Waals surface area contributed by atoms with Crippen LogP contribution >= 0.6 is 0 Å². The predicted molar refractivity (Wildman–Crippen MR) is 66.1 cm³/mol. The molecule has 0 unspecified atom stereocenters. The summed E-state index contributed by atoms with van der Waals surface area (Å²) in [6.07, 6.45) is 2.03. The van der Waals surface area contributed by atoms with Gasteiger partial charge in [0.2, 0.25) is 0 Å². The molecule has 1 rings (SSSR count).